The highest BCUT2D eigenvalue weighted by atomic mass is 32.2. The molecular weight excluding hydrogens is 383 g/mol. The van der Waals surface area contributed by atoms with Gasteiger partial charge < -0.3 is 15.4 Å². The van der Waals surface area contributed by atoms with Crippen LogP contribution < -0.4 is 10.6 Å². The lowest BCUT2D eigenvalue weighted by Crippen LogP contribution is -2.53. The molecule has 2 rings (SSSR count). The standard InChI is InChI=1S/C19H31FN4O3S/c1-14(24-7-8-27-12-15(24)2)10-22-19(21-3)23-11-17-9-18(20)6-5-16(17)13-28(4,25)26/h5-6,9,14-15H,7-8,10-13H2,1-4H3,(H2,21,22,23). The number of hydrogen-bond donors (Lipinski definition) is 2. The molecule has 0 saturated carbocycles. The van der Waals surface area contributed by atoms with Crippen LogP contribution in [0, 0.1) is 5.82 Å². The average Bonchev–Trinajstić information content (AvgIpc) is 2.63. The summed E-state index contributed by atoms with van der Waals surface area (Å²) in [6.45, 7) is 7.65. The number of aliphatic imine (C=N–C) groups is 1. The van der Waals surface area contributed by atoms with Gasteiger partial charge in [0.2, 0.25) is 0 Å². The van der Waals surface area contributed by atoms with E-state index in [1.807, 2.05) is 0 Å². The van der Waals surface area contributed by atoms with Crippen LogP contribution in [0.4, 0.5) is 4.39 Å². The van der Waals surface area contributed by atoms with Crippen molar-refractivity contribution in [2.75, 3.05) is 39.6 Å². The van der Waals surface area contributed by atoms with E-state index < -0.39 is 15.7 Å². The number of halogens is 1. The molecule has 0 amide bonds. The molecule has 0 aliphatic carbocycles. The number of rotatable bonds is 7. The first-order valence-electron chi connectivity index (χ1n) is 9.42. The Morgan fingerprint density at radius 3 is 2.79 bits per heavy atom. The molecule has 1 aliphatic rings. The Kier molecular flexibility index (Phi) is 8.21. The van der Waals surface area contributed by atoms with Gasteiger partial charge in [0.25, 0.3) is 0 Å². The second-order valence-electron chi connectivity index (χ2n) is 7.30. The van der Waals surface area contributed by atoms with Crippen LogP contribution in [0.2, 0.25) is 0 Å². The van der Waals surface area contributed by atoms with Crippen LogP contribution in [-0.4, -0.2) is 71.0 Å². The predicted molar refractivity (Wildman–Crippen MR) is 110 cm³/mol. The minimum atomic E-state index is -3.21. The van der Waals surface area contributed by atoms with Crippen molar-refractivity contribution >= 4 is 15.8 Å². The Morgan fingerprint density at radius 2 is 2.14 bits per heavy atom. The summed E-state index contributed by atoms with van der Waals surface area (Å²) in [6, 6.07) is 4.82. The van der Waals surface area contributed by atoms with Crippen molar-refractivity contribution < 1.29 is 17.5 Å². The fourth-order valence-corrected chi connectivity index (χ4v) is 4.18. The molecule has 1 fully saturated rings. The van der Waals surface area contributed by atoms with Crippen molar-refractivity contribution in [2.24, 2.45) is 4.99 Å². The lowest BCUT2D eigenvalue weighted by atomic mass is 10.1. The fraction of sp³-hybridized carbons (Fsp3) is 0.632. The monoisotopic (exact) mass is 414 g/mol. The zero-order valence-electron chi connectivity index (χ0n) is 17.0. The number of ether oxygens (including phenoxy) is 1. The quantitative estimate of drug-likeness (QED) is 0.514. The zero-order valence-corrected chi connectivity index (χ0v) is 17.9. The number of nitrogens with zero attached hydrogens (tertiary/aromatic N) is 2. The summed E-state index contributed by atoms with van der Waals surface area (Å²) >= 11 is 0. The molecule has 1 aromatic rings. The first kappa shape index (κ1) is 22.6. The number of nitrogens with one attached hydrogen (secondary N) is 2. The highest BCUT2D eigenvalue weighted by Crippen LogP contribution is 2.14. The Morgan fingerprint density at radius 1 is 1.39 bits per heavy atom. The van der Waals surface area contributed by atoms with Gasteiger partial charge in [-0.1, -0.05) is 6.07 Å². The van der Waals surface area contributed by atoms with Crippen molar-refractivity contribution in [3.8, 4) is 0 Å². The number of benzene rings is 1. The molecule has 0 radical (unpaired) electrons. The van der Waals surface area contributed by atoms with Crippen LogP contribution in [0.15, 0.2) is 23.2 Å². The van der Waals surface area contributed by atoms with Crippen molar-refractivity contribution in [1.82, 2.24) is 15.5 Å². The van der Waals surface area contributed by atoms with Crippen molar-refractivity contribution in [3.63, 3.8) is 0 Å². The van der Waals surface area contributed by atoms with Gasteiger partial charge in [-0.2, -0.15) is 0 Å². The number of morpholine rings is 1. The highest BCUT2D eigenvalue weighted by Gasteiger charge is 2.23. The van der Waals surface area contributed by atoms with Crippen LogP contribution in [0.25, 0.3) is 0 Å². The Bertz CT molecular complexity index is 785. The van der Waals surface area contributed by atoms with Gasteiger partial charge in [-0.15, -0.1) is 0 Å². The molecule has 1 heterocycles. The van der Waals surface area contributed by atoms with Crippen LogP contribution >= 0.6 is 0 Å². The molecule has 1 aromatic carbocycles. The highest BCUT2D eigenvalue weighted by molar-refractivity contribution is 7.89. The Hall–Kier alpha value is -1.71. The van der Waals surface area contributed by atoms with Gasteiger partial charge in [-0.3, -0.25) is 9.89 Å². The van der Waals surface area contributed by atoms with Crippen molar-refractivity contribution in [3.05, 3.63) is 35.1 Å². The van der Waals surface area contributed by atoms with E-state index in [0.717, 1.165) is 19.8 Å². The third-order valence-corrected chi connectivity index (χ3v) is 5.64. The molecule has 1 aliphatic heterocycles. The van der Waals surface area contributed by atoms with Crippen molar-refractivity contribution in [1.29, 1.82) is 0 Å². The molecule has 1 saturated heterocycles. The first-order chi connectivity index (χ1) is 13.2. The summed E-state index contributed by atoms with van der Waals surface area (Å²) in [7, 11) is -1.54. The Labute approximate surface area is 167 Å². The third kappa shape index (κ3) is 7.03. The summed E-state index contributed by atoms with van der Waals surface area (Å²) in [6.07, 6.45) is 1.17. The van der Waals surface area contributed by atoms with Gasteiger partial charge in [0.1, 0.15) is 5.82 Å². The molecule has 0 spiro atoms. The van der Waals surface area contributed by atoms with Gasteiger partial charge in [-0.05, 0) is 37.1 Å². The minimum Gasteiger partial charge on any atom is -0.379 e. The lowest BCUT2D eigenvalue weighted by molar-refractivity contribution is -0.0174. The molecule has 2 N–H and O–H groups in total. The molecule has 2 atom stereocenters. The van der Waals surface area contributed by atoms with E-state index in [1.165, 1.54) is 24.5 Å². The number of guanidine groups is 1. The maximum absolute atomic E-state index is 13.6. The largest absolute Gasteiger partial charge is 0.379 e. The molecule has 0 bridgehead atoms. The zero-order chi connectivity index (χ0) is 20.7. The van der Waals surface area contributed by atoms with Crippen LogP contribution in [0.5, 0.6) is 0 Å². The fourth-order valence-electron chi connectivity index (χ4n) is 3.34. The molecule has 9 heteroatoms. The molecule has 28 heavy (non-hydrogen) atoms. The first-order valence-corrected chi connectivity index (χ1v) is 11.5. The second kappa shape index (κ2) is 10.2. The van der Waals surface area contributed by atoms with Crippen LogP contribution in [-0.2, 0) is 26.9 Å². The molecule has 0 aromatic heterocycles. The van der Waals surface area contributed by atoms with Gasteiger partial charge in [0.15, 0.2) is 15.8 Å². The lowest BCUT2D eigenvalue weighted by Gasteiger charge is -2.38. The van der Waals surface area contributed by atoms with Crippen LogP contribution in [0.1, 0.15) is 25.0 Å². The van der Waals surface area contributed by atoms with Crippen LogP contribution in [0.3, 0.4) is 0 Å². The summed E-state index contributed by atoms with van der Waals surface area (Å²) < 4.78 is 42.4. The SMILES string of the molecule is CN=C(NCc1cc(F)ccc1CS(C)(=O)=O)NCC(C)N1CCOCC1C. The maximum Gasteiger partial charge on any atom is 0.191 e. The number of sulfone groups is 1. The van der Waals surface area contributed by atoms with E-state index in [4.69, 9.17) is 4.74 Å². The predicted octanol–water partition coefficient (Wildman–Crippen LogP) is 1.14. The molecule has 2 unspecified atom stereocenters. The Balaban J connectivity index is 1.94. The summed E-state index contributed by atoms with van der Waals surface area (Å²) in [4.78, 5) is 6.59. The maximum atomic E-state index is 13.6. The normalized spacial score (nSPS) is 20.0. The van der Waals surface area contributed by atoms with E-state index >= 15 is 0 Å². The summed E-state index contributed by atoms with van der Waals surface area (Å²) in [5, 5.41) is 6.43. The second-order valence-corrected chi connectivity index (χ2v) is 9.44. The van der Waals surface area contributed by atoms with E-state index in [-0.39, 0.29) is 12.3 Å². The van der Waals surface area contributed by atoms with E-state index in [1.54, 1.807) is 7.05 Å². The van der Waals surface area contributed by atoms with Gasteiger partial charge >= 0.3 is 0 Å². The summed E-state index contributed by atoms with van der Waals surface area (Å²) in [5.74, 6) is 0.0664. The topological polar surface area (TPSA) is 83.0 Å². The van der Waals surface area contributed by atoms with Crippen molar-refractivity contribution in [2.45, 2.75) is 38.2 Å². The molecule has 158 valence electrons. The van der Waals surface area contributed by atoms with Gasteiger partial charge in [0, 0.05) is 45.0 Å². The van der Waals surface area contributed by atoms with Gasteiger partial charge in [0.05, 0.1) is 19.0 Å². The molecular formula is C19H31FN4O3S. The van der Waals surface area contributed by atoms with E-state index in [2.05, 4.69) is 34.4 Å². The van der Waals surface area contributed by atoms with E-state index in [0.29, 0.717) is 35.7 Å². The average molecular weight is 415 g/mol. The van der Waals surface area contributed by atoms with Gasteiger partial charge in [-0.25, -0.2) is 12.8 Å². The summed E-state index contributed by atoms with van der Waals surface area (Å²) in [5.41, 5.74) is 1.19. The smallest absolute Gasteiger partial charge is 0.191 e. The van der Waals surface area contributed by atoms with E-state index in [9.17, 15) is 12.8 Å². The number of hydrogen-bond acceptors (Lipinski definition) is 5. The molecule has 7 nitrogen and oxygen atoms in total. The minimum absolute atomic E-state index is 0.123. The third-order valence-electron chi connectivity index (χ3n) is 4.81.